The topological polar surface area (TPSA) is 24.5 Å². The number of nitrogens with one attached hydrogen (secondary N) is 1. The van der Waals surface area contributed by atoms with Gasteiger partial charge in [0.2, 0.25) is 0 Å². The Bertz CT molecular complexity index is 294. The molecule has 18 heavy (non-hydrogen) atoms. The highest BCUT2D eigenvalue weighted by molar-refractivity contribution is 5.00. The van der Waals surface area contributed by atoms with Crippen molar-refractivity contribution in [3.63, 3.8) is 0 Å². The number of piperazine rings is 1. The smallest absolute Gasteiger partial charge is 0.0736 e. The van der Waals surface area contributed by atoms with Crippen LogP contribution in [0.2, 0.25) is 0 Å². The van der Waals surface area contributed by atoms with E-state index in [1.807, 2.05) is 0 Å². The lowest BCUT2D eigenvalue weighted by Gasteiger charge is -2.46. The zero-order chi connectivity index (χ0) is 12.7. The van der Waals surface area contributed by atoms with Crippen LogP contribution in [0.5, 0.6) is 0 Å². The van der Waals surface area contributed by atoms with Gasteiger partial charge in [-0.1, -0.05) is 20.8 Å². The zero-order valence-corrected chi connectivity index (χ0v) is 12.1. The Labute approximate surface area is 111 Å². The van der Waals surface area contributed by atoms with Crippen LogP contribution in [-0.2, 0) is 4.74 Å². The first-order valence-corrected chi connectivity index (χ1v) is 7.83. The molecule has 5 unspecified atom stereocenters. The van der Waals surface area contributed by atoms with Gasteiger partial charge in [0, 0.05) is 31.2 Å². The Morgan fingerprint density at radius 1 is 1.33 bits per heavy atom. The summed E-state index contributed by atoms with van der Waals surface area (Å²) < 4.78 is 6.07. The maximum atomic E-state index is 6.07. The second-order valence-electron chi connectivity index (χ2n) is 6.70. The van der Waals surface area contributed by atoms with Crippen LogP contribution >= 0.6 is 0 Å². The maximum Gasteiger partial charge on any atom is 0.0736 e. The van der Waals surface area contributed by atoms with E-state index in [1.54, 1.807) is 0 Å². The maximum absolute atomic E-state index is 6.07. The minimum atomic E-state index is 0.534. The third kappa shape index (κ3) is 2.21. The van der Waals surface area contributed by atoms with Crippen molar-refractivity contribution >= 4 is 0 Å². The molecule has 0 aromatic carbocycles. The standard InChI is InChI=1S/C15H28N2O/c1-4-11-9-17(14(8-16-11)10(2)3)13-7-12-5-6-15(13)18-12/h10-16H,4-9H2,1-3H3. The first-order valence-electron chi connectivity index (χ1n) is 7.83. The predicted octanol–water partition coefficient (Wildman–Crippen LogP) is 2.01. The average molecular weight is 252 g/mol. The second-order valence-corrected chi connectivity index (χ2v) is 6.70. The molecule has 0 saturated carbocycles. The number of rotatable bonds is 3. The van der Waals surface area contributed by atoms with Gasteiger partial charge in [-0.05, 0) is 31.6 Å². The molecular formula is C15H28N2O. The number of fused-ring (bicyclic) bond motifs is 2. The number of hydrogen-bond acceptors (Lipinski definition) is 3. The molecule has 0 spiro atoms. The van der Waals surface area contributed by atoms with Gasteiger partial charge < -0.3 is 10.1 Å². The Morgan fingerprint density at radius 3 is 2.72 bits per heavy atom. The van der Waals surface area contributed by atoms with Gasteiger partial charge in [0.15, 0.2) is 0 Å². The SMILES string of the molecule is CCC1CN(C2CC3CCC2O3)C(C(C)C)CN1. The molecule has 0 aromatic rings. The lowest BCUT2D eigenvalue weighted by atomic mass is 9.89. The van der Waals surface area contributed by atoms with Gasteiger partial charge in [-0.3, -0.25) is 4.90 Å². The number of ether oxygens (including phenoxy) is 1. The summed E-state index contributed by atoms with van der Waals surface area (Å²) in [4.78, 5) is 2.79. The molecule has 3 aliphatic rings. The molecule has 0 aromatic heterocycles. The summed E-state index contributed by atoms with van der Waals surface area (Å²) in [5.74, 6) is 0.731. The summed E-state index contributed by atoms with van der Waals surface area (Å²) in [6.07, 6.45) is 6.22. The van der Waals surface area contributed by atoms with Crippen LogP contribution in [0.4, 0.5) is 0 Å². The van der Waals surface area contributed by atoms with E-state index in [-0.39, 0.29) is 0 Å². The van der Waals surface area contributed by atoms with Crippen molar-refractivity contribution in [3.8, 4) is 0 Å². The summed E-state index contributed by atoms with van der Waals surface area (Å²) in [6.45, 7) is 9.39. The van der Waals surface area contributed by atoms with Gasteiger partial charge >= 0.3 is 0 Å². The van der Waals surface area contributed by atoms with Gasteiger partial charge in [-0.25, -0.2) is 0 Å². The number of hydrogen-bond donors (Lipinski definition) is 1. The van der Waals surface area contributed by atoms with Crippen LogP contribution in [0.1, 0.15) is 46.5 Å². The summed E-state index contributed by atoms with van der Waals surface area (Å²) in [7, 11) is 0. The molecule has 2 bridgehead atoms. The summed E-state index contributed by atoms with van der Waals surface area (Å²) >= 11 is 0. The fraction of sp³-hybridized carbons (Fsp3) is 1.00. The first kappa shape index (κ1) is 12.9. The highest BCUT2D eigenvalue weighted by Crippen LogP contribution is 2.39. The van der Waals surface area contributed by atoms with Crippen molar-refractivity contribution in [2.45, 2.75) is 76.8 Å². The van der Waals surface area contributed by atoms with E-state index < -0.39 is 0 Å². The Kier molecular flexibility index (Phi) is 3.65. The van der Waals surface area contributed by atoms with E-state index in [2.05, 4.69) is 31.0 Å². The monoisotopic (exact) mass is 252 g/mol. The molecule has 0 aliphatic carbocycles. The van der Waals surface area contributed by atoms with Crippen LogP contribution in [0.3, 0.4) is 0 Å². The molecule has 3 saturated heterocycles. The second kappa shape index (κ2) is 5.10. The predicted molar refractivity (Wildman–Crippen MR) is 73.7 cm³/mol. The molecule has 3 rings (SSSR count). The van der Waals surface area contributed by atoms with E-state index >= 15 is 0 Å². The quantitative estimate of drug-likeness (QED) is 0.831. The lowest BCUT2D eigenvalue weighted by Crippen LogP contribution is -2.62. The Balaban J connectivity index is 1.73. The highest BCUT2D eigenvalue weighted by Gasteiger charge is 2.46. The largest absolute Gasteiger partial charge is 0.373 e. The van der Waals surface area contributed by atoms with Crippen LogP contribution in [0.25, 0.3) is 0 Å². The van der Waals surface area contributed by atoms with E-state index in [9.17, 15) is 0 Å². The third-order valence-corrected chi connectivity index (χ3v) is 5.24. The molecule has 3 fully saturated rings. The van der Waals surface area contributed by atoms with Crippen LogP contribution < -0.4 is 5.32 Å². The number of nitrogens with zero attached hydrogens (tertiary/aromatic N) is 1. The van der Waals surface area contributed by atoms with Crippen molar-refractivity contribution in [1.82, 2.24) is 10.2 Å². The van der Waals surface area contributed by atoms with Crippen molar-refractivity contribution in [2.75, 3.05) is 13.1 Å². The lowest BCUT2D eigenvalue weighted by molar-refractivity contribution is 0.0157. The Morgan fingerprint density at radius 2 is 2.17 bits per heavy atom. The molecule has 5 atom stereocenters. The van der Waals surface area contributed by atoms with Crippen LogP contribution in [0, 0.1) is 5.92 Å². The van der Waals surface area contributed by atoms with Crippen molar-refractivity contribution in [3.05, 3.63) is 0 Å². The molecule has 3 aliphatic heterocycles. The zero-order valence-electron chi connectivity index (χ0n) is 12.1. The molecular weight excluding hydrogens is 224 g/mol. The minimum absolute atomic E-state index is 0.534. The third-order valence-electron chi connectivity index (χ3n) is 5.24. The molecule has 1 N–H and O–H groups in total. The molecule has 0 radical (unpaired) electrons. The molecule has 3 heteroatoms. The fourth-order valence-electron chi connectivity index (χ4n) is 4.09. The van der Waals surface area contributed by atoms with Crippen LogP contribution in [0.15, 0.2) is 0 Å². The van der Waals surface area contributed by atoms with Crippen molar-refractivity contribution in [2.24, 2.45) is 5.92 Å². The first-order chi connectivity index (χ1) is 8.69. The van der Waals surface area contributed by atoms with E-state index in [0.717, 1.165) is 12.5 Å². The van der Waals surface area contributed by atoms with Crippen LogP contribution in [-0.4, -0.2) is 48.3 Å². The summed E-state index contributed by atoms with van der Waals surface area (Å²) in [6, 6.07) is 2.08. The Hall–Kier alpha value is -0.120. The highest BCUT2D eigenvalue weighted by atomic mass is 16.5. The molecule has 3 heterocycles. The van der Waals surface area contributed by atoms with Gasteiger partial charge in [-0.15, -0.1) is 0 Å². The average Bonchev–Trinajstić information content (AvgIpc) is 3.00. The molecule has 104 valence electrons. The van der Waals surface area contributed by atoms with E-state index in [4.69, 9.17) is 4.74 Å². The summed E-state index contributed by atoms with van der Waals surface area (Å²) in [5, 5.41) is 3.72. The van der Waals surface area contributed by atoms with Gasteiger partial charge in [0.1, 0.15) is 0 Å². The van der Waals surface area contributed by atoms with E-state index in [0.29, 0.717) is 30.3 Å². The normalized spacial score (nSPS) is 45.0. The van der Waals surface area contributed by atoms with Gasteiger partial charge in [0.25, 0.3) is 0 Å². The minimum Gasteiger partial charge on any atom is -0.373 e. The van der Waals surface area contributed by atoms with E-state index in [1.165, 1.54) is 32.2 Å². The van der Waals surface area contributed by atoms with Crippen molar-refractivity contribution in [1.29, 1.82) is 0 Å². The summed E-state index contributed by atoms with van der Waals surface area (Å²) in [5.41, 5.74) is 0. The molecule has 3 nitrogen and oxygen atoms in total. The molecule has 0 amide bonds. The van der Waals surface area contributed by atoms with Gasteiger partial charge in [-0.2, -0.15) is 0 Å². The fourth-order valence-corrected chi connectivity index (χ4v) is 4.09. The van der Waals surface area contributed by atoms with Crippen molar-refractivity contribution < 1.29 is 4.74 Å². The van der Waals surface area contributed by atoms with Gasteiger partial charge in [0.05, 0.1) is 12.2 Å².